The van der Waals surface area contributed by atoms with E-state index in [0.717, 1.165) is 19.3 Å². The van der Waals surface area contributed by atoms with Gasteiger partial charge in [0.2, 0.25) is 0 Å². The van der Waals surface area contributed by atoms with Gasteiger partial charge in [0.05, 0.1) is 11.3 Å². The molecule has 0 aromatic heterocycles. The maximum atomic E-state index is 11.9. The first kappa shape index (κ1) is 15.2. The van der Waals surface area contributed by atoms with Crippen molar-refractivity contribution in [1.29, 1.82) is 0 Å². The van der Waals surface area contributed by atoms with E-state index in [1.807, 2.05) is 0 Å². The number of non-ortho nitro benzene ring substituents is 1. The van der Waals surface area contributed by atoms with E-state index in [9.17, 15) is 14.9 Å². The molecule has 0 heterocycles. The van der Waals surface area contributed by atoms with Crippen LogP contribution in [-0.2, 0) is 4.79 Å². The maximum absolute atomic E-state index is 11.9. The number of nitro groups is 1. The quantitative estimate of drug-likeness (QED) is 0.276. The van der Waals surface area contributed by atoms with Crippen LogP contribution in [0.3, 0.4) is 0 Å². The van der Waals surface area contributed by atoms with E-state index in [4.69, 9.17) is 4.74 Å². The number of hydrogen-bond donors (Lipinski definition) is 0. The first-order valence-electron chi connectivity index (χ1n) is 7.27. The van der Waals surface area contributed by atoms with Gasteiger partial charge in [0.25, 0.3) is 5.69 Å². The van der Waals surface area contributed by atoms with Gasteiger partial charge in [-0.1, -0.05) is 25.0 Å². The highest BCUT2D eigenvalue weighted by Gasteiger charge is 2.14. The standard InChI is InChI=1S/C16H19NO4/c18-16(12-13-6-4-2-1-3-5-7-13)21-15-10-8-14(9-11-15)17(19)20/h4,6,8-11,13H,1-3,5,7,12H2. The average Bonchev–Trinajstić information content (AvgIpc) is 2.42. The lowest BCUT2D eigenvalue weighted by Gasteiger charge is -2.14. The summed E-state index contributed by atoms with van der Waals surface area (Å²) in [7, 11) is 0. The fourth-order valence-corrected chi connectivity index (χ4v) is 2.42. The predicted molar refractivity (Wildman–Crippen MR) is 79.1 cm³/mol. The van der Waals surface area contributed by atoms with Crippen molar-refractivity contribution in [3.05, 3.63) is 46.5 Å². The van der Waals surface area contributed by atoms with Crippen LogP contribution in [0.2, 0.25) is 0 Å². The van der Waals surface area contributed by atoms with Crippen molar-refractivity contribution in [1.82, 2.24) is 0 Å². The molecule has 5 heteroatoms. The summed E-state index contributed by atoms with van der Waals surface area (Å²) in [4.78, 5) is 22.0. The Kier molecular flexibility index (Phi) is 5.49. The molecule has 1 aromatic carbocycles. The van der Waals surface area contributed by atoms with E-state index < -0.39 is 4.92 Å². The molecule has 2 rings (SSSR count). The Balaban J connectivity index is 1.88. The minimum absolute atomic E-state index is 0.0160. The third-order valence-electron chi connectivity index (χ3n) is 3.56. The molecular weight excluding hydrogens is 270 g/mol. The summed E-state index contributed by atoms with van der Waals surface area (Å²) in [6, 6.07) is 5.56. The molecule has 1 aliphatic rings. The predicted octanol–water partition coefficient (Wildman–Crippen LogP) is 4.03. The van der Waals surface area contributed by atoms with Crippen molar-refractivity contribution in [3.63, 3.8) is 0 Å². The molecule has 0 radical (unpaired) electrons. The number of hydrogen-bond acceptors (Lipinski definition) is 4. The topological polar surface area (TPSA) is 69.4 Å². The van der Waals surface area contributed by atoms with Crippen molar-refractivity contribution in [2.24, 2.45) is 5.92 Å². The zero-order chi connectivity index (χ0) is 15.1. The molecule has 0 aliphatic heterocycles. The zero-order valence-electron chi connectivity index (χ0n) is 11.9. The summed E-state index contributed by atoms with van der Waals surface area (Å²) in [5.74, 6) is 0.287. The largest absolute Gasteiger partial charge is 0.427 e. The number of allylic oxidation sites excluding steroid dienone is 2. The molecule has 0 N–H and O–H groups in total. The van der Waals surface area contributed by atoms with Crippen LogP contribution in [0.1, 0.15) is 38.5 Å². The minimum atomic E-state index is -0.481. The van der Waals surface area contributed by atoms with Gasteiger partial charge in [0.1, 0.15) is 5.75 Å². The lowest BCUT2D eigenvalue weighted by atomic mass is 9.94. The van der Waals surface area contributed by atoms with Gasteiger partial charge in [-0.2, -0.15) is 0 Å². The Morgan fingerprint density at radius 1 is 1.24 bits per heavy atom. The van der Waals surface area contributed by atoms with Crippen LogP contribution in [-0.4, -0.2) is 10.9 Å². The van der Waals surface area contributed by atoms with Gasteiger partial charge in [0, 0.05) is 12.1 Å². The van der Waals surface area contributed by atoms with Crippen LogP contribution in [0.5, 0.6) is 5.75 Å². The Hall–Kier alpha value is -2.17. The monoisotopic (exact) mass is 289 g/mol. The summed E-state index contributed by atoms with van der Waals surface area (Å²) >= 11 is 0. The number of esters is 1. The van der Waals surface area contributed by atoms with Gasteiger partial charge in [-0.05, 0) is 37.3 Å². The summed E-state index contributed by atoms with van der Waals surface area (Å²) < 4.78 is 5.23. The van der Waals surface area contributed by atoms with Crippen LogP contribution in [0.15, 0.2) is 36.4 Å². The van der Waals surface area contributed by atoms with Crippen molar-refractivity contribution in [3.8, 4) is 5.75 Å². The molecule has 0 bridgehead atoms. The van der Waals surface area contributed by atoms with Crippen molar-refractivity contribution < 1.29 is 14.5 Å². The van der Waals surface area contributed by atoms with Crippen molar-refractivity contribution >= 4 is 11.7 Å². The van der Waals surface area contributed by atoms with Crippen molar-refractivity contribution in [2.75, 3.05) is 0 Å². The summed E-state index contributed by atoms with van der Waals surface area (Å²) in [6.45, 7) is 0. The molecule has 0 fully saturated rings. The van der Waals surface area contributed by atoms with Crippen molar-refractivity contribution in [2.45, 2.75) is 38.5 Å². The van der Waals surface area contributed by atoms with E-state index in [-0.39, 0.29) is 17.6 Å². The van der Waals surface area contributed by atoms with Gasteiger partial charge in [-0.15, -0.1) is 0 Å². The Morgan fingerprint density at radius 3 is 2.71 bits per heavy atom. The lowest BCUT2D eigenvalue weighted by Crippen LogP contribution is -2.13. The second-order valence-corrected chi connectivity index (χ2v) is 5.26. The second kappa shape index (κ2) is 7.57. The average molecular weight is 289 g/mol. The Morgan fingerprint density at radius 2 is 2.00 bits per heavy atom. The molecular formula is C16H19NO4. The Bertz CT molecular complexity index is 522. The SMILES string of the molecule is O=C(CC1C=CCCCCC1)Oc1ccc([N+](=O)[O-])cc1. The first-order chi connectivity index (χ1) is 10.1. The van der Waals surface area contributed by atoms with E-state index in [2.05, 4.69) is 12.2 Å². The van der Waals surface area contributed by atoms with E-state index in [1.165, 1.54) is 37.1 Å². The molecule has 21 heavy (non-hydrogen) atoms. The van der Waals surface area contributed by atoms with Gasteiger partial charge >= 0.3 is 5.97 Å². The number of nitro benzene ring substituents is 1. The smallest absolute Gasteiger partial charge is 0.311 e. The van der Waals surface area contributed by atoms with E-state index in [1.54, 1.807) is 0 Å². The van der Waals surface area contributed by atoms with Gasteiger partial charge in [-0.3, -0.25) is 14.9 Å². The van der Waals surface area contributed by atoms with Crippen LogP contribution >= 0.6 is 0 Å². The zero-order valence-corrected chi connectivity index (χ0v) is 11.9. The highest BCUT2D eigenvalue weighted by Crippen LogP contribution is 2.22. The number of ether oxygens (including phenoxy) is 1. The minimum Gasteiger partial charge on any atom is -0.427 e. The number of benzene rings is 1. The molecule has 0 saturated carbocycles. The highest BCUT2D eigenvalue weighted by atomic mass is 16.6. The third kappa shape index (κ3) is 5.02. The first-order valence-corrected chi connectivity index (χ1v) is 7.27. The van der Waals surface area contributed by atoms with Crippen LogP contribution in [0.25, 0.3) is 0 Å². The number of nitrogens with zero attached hydrogens (tertiary/aromatic N) is 1. The van der Waals surface area contributed by atoms with Gasteiger partial charge in [0.15, 0.2) is 0 Å². The molecule has 1 aliphatic carbocycles. The second-order valence-electron chi connectivity index (χ2n) is 5.26. The lowest BCUT2D eigenvalue weighted by molar-refractivity contribution is -0.384. The molecule has 1 aromatic rings. The molecule has 5 nitrogen and oxygen atoms in total. The van der Waals surface area contributed by atoms with Crippen LogP contribution in [0, 0.1) is 16.0 Å². The Labute approximate surface area is 123 Å². The number of carbonyl (C=O) groups excluding carboxylic acids is 1. The molecule has 0 spiro atoms. The summed E-state index contributed by atoms with van der Waals surface area (Å²) in [5.41, 5.74) is -0.0160. The summed E-state index contributed by atoms with van der Waals surface area (Å²) in [6.07, 6.45) is 10.3. The number of carbonyl (C=O) groups is 1. The van der Waals surface area contributed by atoms with Gasteiger partial charge in [-0.25, -0.2) is 0 Å². The third-order valence-corrected chi connectivity index (χ3v) is 3.56. The fraction of sp³-hybridized carbons (Fsp3) is 0.438. The molecule has 0 amide bonds. The molecule has 0 saturated heterocycles. The maximum Gasteiger partial charge on any atom is 0.311 e. The molecule has 1 atom stereocenters. The molecule has 112 valence electrons. The summed E-state index contributed by atoms with van der Waals surface area (Å²) in [5, 5.41) is 10.5. The fourth-order valence-electron chi connectivity index (χ4n) is 2.42. The van der Waals surface area contributed by atoms with E-state index in [0.29, 0.717) is 12.2 Å². The molecule has 1 unspecified atom stereocenters. The highest BCUT2D eigenvalue weighted by molar-refractivity contribution is 5.73. The van der Waals surface area contributed by atoms with Crippen LogP contribution < -0.4 is 4.74 Å². The van der Waals surface area contributed by atoms with Gasteiger partial charge < -0.3 is 4.74 Å². The van der Waals surface area contributed by atoms with E-state index >= 15 is 0 Å². The van der Waals surface area contributed by atoms with Crippen LogP contribution in [0.4, 0.5) is 5.69 Å². The number of rotatable bonds is 4. The normalized spacial score (nSPS) is 18.6.